The molecule has 2 aromatic carbocycles. The maximum atomic E-state index is 13.1. The molecule has 0 N–H and O–H groups in total. The van der Waals surface area contributed by atoms with Gasteiger partial charge < -0.3 is 9.15 Å². The molecule has 6 nitrogen and oxygen atoms in total. The van der Waals surface area contributed by atoms with Crippen molar-refractivity contribution >= 4 is 64.2 Å². The number of hydrogen-bond acceptors (Lipinski definition) is 5. The number of esters is 1. The van der Waals surface area contributed by atoms with Crippen LogP contribution < -0.4 is 5.01 Å². The number of hydrazone groups is 1. The lowest BCUT2D eigenvalue weighted by atomic mass is 10.1. The Morgan fingerprint density at radius 2 is 1.71 bits per heavy atom. The minimum Gasteiger partial charge on any atom is -0.459 e. The Kier molecular flexibility index (Phi) is 6.84. The van der Waals surface area contributed by atoms with Gasteiger partial charge in [0.25, 0.3) is 5.91 Å². The molecule has 0 spiro atoms. The summed E-state index contributed by atoms with van der Waals surface area (Å²) in [7, 11) is 0. The van der Waals surface area contributed by atoms with Crippen LogP contribution in [0.5, 0.6) is 0 Å². The van der Waals surface area contributed by atoms with Crippen LogP contribution in [-0.2, 0) is 9.53 Å². The van der Waals surface area contributed by atoms with E-state index in [1.165, 1.54) is 12.1 Å². The van der Waals surface area contributed by atoms with Crippen LogP contribution in [0.3, 0.4) is 0 Å². The number of carbonyl (C=O) groups excluding carboxylic acids is 2. The third-order valence-corrected chi connectivity index (χ3v) is 5.71. The van der Waals surface area contributed by atoms with Gasteiger partial charge in [-0.05, 0) is 63.2 Å². The summed E-state index contributed by atoms with van der Waals surface area (Å²) < 4.78 is 11.1. The number of ether oxygens (including phenoxy) is 1. The molecule has 34 heavy (non-hydrogen) atoms. The van der Waals surface area contributed by atoms with Crippen LogP contribution in [0.4, 0.5) is 5.69 Å². The molecule has 0 bridgehead atoms. The van der Waals surface area contributed by atoms with Crippen molar-refractivity contribution in [1.29, 1.82) is 0 Å². The van der Waals surface area contributed by atoms with E-state index in [1.54, 1.807) is 63.2 Å². The Morgan fingerprint density at radius 1 is 1.06 bits per heavy atom. The number of carbonyl (C=O) groups is 2. The quantitative estimate of drug-likeness (QED) is 0.263. The van der Waals surface area contributed by atoms with Crippen molar-refractivity contribution < 1.29 is 18.7 Å². The van der Waals surface area contributed by atoms with Gasteiger partial charge in [0.15, 0.2) is 0 Å². The normalized spacial score (nSPS) is 14.8. The smallest absolute Gasteiger partial charge is 0.338 e. The zero-order valence-corrected chi connectivity index (χ0v) is 20.7. The van der Waals surface area contributed by atoms with E-state index in [9.17, 15) is 9.59 Å². The van der Waals surface area contributed by atoms with Gasteiger partial charge in [-0.25, -0.2) is 4.79 Å². The zero-order valence-electron chi connectivity index (χ0n) is 18.4. The number of nitrogens with zero attached hydrogens (tertiary/aromatic N) is 2. The highest BCUT2D eigenvalue weighted by atomic mass is 35.5. The molecule has 0 saturated heterocycles. The predicted octanol–water partition coefficient (Wildman–Crippen LogP) is 7.28. The van der Waals surface area contributed by atoms with Gasteiger partial charge in [0, 0.05) is 10.6 Å². The second kappa shape index (κ2) is 9.66. The molecule has 0 unspecified atom stereocenters. The van der Waals surface area contributed by atoms with Crippen LogP contribution in [0.25, 0.3) is 17.4 Å². The largest absolute Gasteiger partial charge is 0.459 e. The van der Waals surface area contributed by atoms with E-state index in [-0.39, 0.29) is 27.8 Å². The van der Waals surface area contributed by atoms with Crippen LogP contribution in [0, 0.1) is 0 Å². The summed E-state index contributed by atoms with van der Waals surface area (Å²) in [5.74, 6) is 0.267. The van der Waals surface area contributed by atoms with Crippen LogP contribution in [-0.4, -0.2) is 23.7 Å². The SMILES string of the molecule is CC1=NN(c2c(Cl)cc(Cl)cc2Cl)C(=O)/C1=C\c1ccc(-c2ccc(C(=O)OC(C)C)cc2)o1. The van der Waals surface area contributed by atoms with Gasteiger partial charge in [0.1, 0.15) is 17.2 Å². The molecule has 1 aliphatic heterocycles. The van der Waals surface area contributed by atoms with Gasteiger partial charge in [-0.15, -0.1) is 0 Å². The lowest BCUT2D eigenvalue weighted by Crippen LogP contribution is -2.22. The minimum atomic E-state index is -0.394. The molecule has 1 aliphatic rings. The molecule has 4 rings (SSSR count). The van der Waals surface area contributed by atoms with Gasteiger partial charge in [-0.1, -0.05) is 46.9 Å². The second-order valence-electron chi connectivity index (χ2n) is 7.81. The monoisotopic (exact) mass is 516 g/mol. The van der Waals surface area contributed by atoms with Gasteiger partial charge in [-0.2, -0.15) is 10.1 Å². The molecular weight excluding hydrogens is 499 g/mol. The van der Waals surface area contributed by atoms with Gasteiger partial charge in [0.05, 0.1) is 33.0 Å². The number of hydrogen-bond donors (Lipinski definition) is 0. The topological polar surface area (TPSA) is 72.1 Å². The fourth-order valence-electron chi connectivity index (χ4n) is 3.35. The lowest BCUT2D eigenvalue weighted by molar-refractivity contribution is -0.114. The molecule has 0 aliphatic carbocycles. The van der Waals surface area contributed by atoms with Gasteiger partial charge in [-0.3, -0.25) is 4.79 Å². The van der Waals surface area contributed by atoms with E-state index in [0.717, 1.165) is 10.6 Å². The molecular formula is C25H19Cl3N2O4. The average Bonchev–Trinajstić information content (AvgIpc) is 3.33. The van der Waals surface area contributed by atoms with E-state index >= 15 is 0 Å². The van der Waals surface area contributed by atoms with E-state index in [4.69, 9.17) is 44.0 Å². The van der Waals surface area contributed by atoms with Crippen LogP contribution in [0.1, 0.15) is 36.9 Å². The first-order valence-electron chi connectivity index (χ1n) is 10.3. The summed E-state index contributed by atoms with van der Waals surface area (Å²) in [5.41, 5.74) is 2.31. The molecule has 1 amide bonds. The first-order chi connectivity index (χ1) is 16.1. The maximum Gasteiger partial charge on any atom is 0.338 e. The van der Waals surface area contributed by atoms with E-state index < -0.39 is 5.91 Å². The van der Waals surface area contributed by atoms with Crippen molar-refractivity contribution in [3.63, 3.8) is 0 Å². The Bertz CT molecular complexity index is 1320. The number of amides is 1. The summed E-state index contributed by atoms with van der Waals surface area (Å²) in [6.45, 7) is 5.30. The highest BCUT2D eigenvalue weighted by Crippen LogP contribution is 2.39. The van der Waals surface area contributed by atoms with Crippen LogP contribution in [0.2, 0.25) is 15.1 Å². The van der Waals surface area contributed by atoms with Crippen molar-refractivity contribution in [3.05, 3.63) is 80.5 Å². The Labute approximate surface area is 211 Å². The van der Waals surface area contributed by atoms with E-state index in [0.29, 0.717) is 33.4 Å². The average molecular weight is 518 g/mol. The van der Waals surface area contributed by atoms with E-state index in [2.05, 4.69) is 5.10 Å². The Hall–Kier alpha value is -3.06. The molecule has 3 aromatic rings. The molecule has 0 atom stereocenters. The summed E-state index contributed by atoms with van der Waals surface area (Å²) in [5, 5.41) is 6.25. The summed E-state index contributed by atoms with van der Waals surface area (Å²) in [4.78, 5) is 25.1. The van der Waals surface area contributed by atoms with Crippen molar-refractivity contribution in [1.82, 2.24) is 0 Å². The van der Waals surface area contributed by atoms with Crippen LogP contribution in [0.15, 0.2) is 63.6 Å². The second-order valence-corrected chi connectivity index (χ2v) is 9.06. The fraction of sp³-hybridized carbons (Fsp3) is 0.160. The third-order valence-electron chi connectivity index (χ3n) is 4.92. The number of benzene rings is 2. The number of rotatable bonds is 5. The summed E-state index contributed by atoms with van der Waals surface area (Å²) in [6.07, 6.45) is 1.41. The lowest BCUT2D eigenvalue weighted by Gasteiger charge is -2.15. The minimum absolute atomic E-state index is 0.194. The summed E-state index contributed by atoms with van der Waals surface area (Å²) >= 11 is 18.5. The maximum absolute atomic E-state index is 13.1. The highest BCUT2D eigenvalue weighted by molar-refractivity contribution is 6.44. The standard InChI is InChI=1S/C25H19Cl3N2O4/c1-13(2)33-25(32)16-6-4-15(5-7-16)22-9-8-18(34-22)12-19-14(3)29-30(24(19)31)23-20(27)10-17(26)11-21(23)28/h4-13H,1-3H3/b19-12-. The fourth-order valence-corrected chi connectivity index (χ4v) is 4.33. The Morgan fingerprint density at radius 3 is 2.32 bits per heavy atom. The molecule has 2 heterocycles. The predicted molar refractivity (Wildman–Crippen MR) is 135 cm³/mol. The van der Waals surface area contributed by atoms with Crippen LogP contribution >= 0.6 is 34.8 Å². The molecule has 0 fully saturated rings. The molecule has 0 radical (unpaired) electrons. The first-order valence-corrected chi connectivity index (χ1v) is 11.4. The molecule has 0 saturated carbocycles. The first kappa shape index (κ1) is 24.1. The molecule has 174 valence electrons. The van der Waals surface area contributed by atoms with E-state index in [1.807, 2.05) is 0 Å². The van der Waals surface area contributed by atoms with Gasteiger partial charge in [0.2, 0.25) is 0 Å². The van der Waals surface area contributed by atoms with Crippen molar-refractivity contribution in [3.8, 4) is 11.3 Å². The number of halogens is 3. The molecule has 1 aromatic heterocycles. The highest BCUT2D eigenvalue weighted by Gasteiger charge is 2.32. The number of anilines is 1. The van der Waals surface area contributed by atoms with Gasteiger partial charge >= 0.3 is 5.97 Å². The van der Waals surface area contributed by atoms with Crippen molar-refractivity contribution in [2.45, 2.75) is 26.9 Å². The summed E-state index contributed by atoms with van der Waals surface area (Å²) in [6, 6.07) is 13.4. The zero-order chi connectivity index (χ0) is 24.6. The number of furan rings is 1. The Balaban J connectivity index is 1.56. The van der Waals surface area contributed by atoms with Crippen molar-refractivity contribution in [2.75, 3.05) is 5.01 Å². The molecule has 9 heteroatoms. The van der Waals surface area contributed by atoms with Crippen molar-refractivity contribution in [2.24, 2.45) is 5.10 Å². The third kappa shape index (κ3) is 4.89.